The standard InChI is InChI=1S/C12H15N3/c1-9(14)4-3-5-11-7-15-8-12(6-13)10(11)2/h3,5,7-9H,4,14H2,1-2H3/b5-3+/t9-/m0/s1. The van der Waals surface area contributed by atoms with Crippen LogP contribution in [0, 0.1) is 18.3 Å². The predicted molar refractivity (Wildman–Crippen MR) is 61.0 cm³/mol. The van der Waals surface area contributed by atoms with Gasteiger partial charge in [-0.25, -0.2) is 0 Å². The highest BCUT2D eigenvalue weighted by atomic mass is 14.6. The smallest absolute Gasteiger partial charge is 0.101 e. The molecular formula is C12H15N3. The highest BCUT2D eigenvalue weighted by molar-refractivity contribution is 5.56. The lowest BCUT2D eigenvalue weighted by Gasteiger charge is -2.02. The van der Waals surface area contributed by atoms with Crippen molar-refractivity contribution in [2.75, 3.05) is 0 Å². The van der Waals surface area contributed by atoms with Crippen LogP contribution in [0.25, 0.3) is 6.08 Å². The molecule has 0 amide bonds. The Labute approximate surface area is 90.2 Å². The minimum absolute atomic E-state index is 0.161. The Bertz CT molecular complexity index is 400. The molecule has 1 atom stereocenters. The largest absolute Gasteiger partial charge is 0.328 e. The van der Waals surface area contributed by atoms with Crippen LogP contribution < -0.4 is 5.73 Å². The number of nitrogens with two attached hydrogens (primary N) is 1. The molecule has 0 radical (unpaired) electrons. The van der Waals surface area contributed by atoms with Gasteiger partial charge in [0.25, 0.3) is 0 Å². The molecule has 0 aliphatic carbocycles. The molecule has 1 aromatic rings. The van der Waals surface area contributed by atoms with E-state index in [4.69, 9.17) is 11.0 Å². The van der Waals surface area contributed by atoms with Crippen molar-refractivity contribution in [3.63, 3.8) is 0 Å². The van der Waals surface area contributed by atoms with Crippen LogP contribution in [0.2, 0.25) is 0 Å². The van der Waals surface area contributed by atoms with E-state index >= 15 is 0 Å². The fourth-order valence-electron chi connectivity index (χ4n) is 1.23. The second kappa shape index (κ2) is 5.28. The Morgan fingerprint density at radius 1 is 1.60 bits per heavy atom. The van der Waals surface area contributed by atoms with Crippen molar-refractivity contribution in [1.29, 1.82) is 5.26 Å². The summed E-state index contributed by atoms with van der Waals surface area (Å²) >= 11 is 0. The number of rotatable bonds is 3. The molecule has 0 fully saturated rings. The molecule has 3 nitrogen and oxygen atoms in total. The Morgan fingerprint density at radius 2 is 2.33 bits per heavy atom. The van der Waals surface area contributed by atoms with Crippen molar-refractivity contribution >= 4 is 6.08 Å². The summed E-state index contributed by atoms with van der Waals surface area (Å²) < 4.78 is 0. The van der Waals surface area contributed by atoms with Crippen molar-refractivity contribution in [2.24, 2.45) is 5.73 Å². The van der Waals surface area contributed by atoms with Gasteiger partial charge in [0.05, 0.1) is 5.56 Å². The highest BCUT2D eigenvalue weighted by Crippen LogP contribution is 2.12. The molecule has 0 bridgehead atoms. The fourth-order valence-corrected chi connectivity index (χ4v) is 1.23. The number of hydrogen-bond donors (Lipinski definition) is 1. The van der Waals surface area contributed by atoms with Gasteiger partial charge in [0.2, 0.25) is 0 Å². The van der Waals surface area contributed by atoms with Gasteiger partial charge in [0.15, 0.2) is 0 Å². The fraction of sp³-hybridized carbons (Fsp3) is 0.333. The minimum atomic E-state index is 0.161. The normalized spacial score (nSPS) is 12.7. The maximum atomic E-state index is 8.82. The molecule has 0 aromatic carbocycles. The van der Waals surface area contributed by atoms with Crippen molar-refractivity contribution in [1.82, 2.24) is 4.98 Å². The third kappa shape index (κ3) is 3.19. The summed E-state index contributed by atoms with van der Waals surface area (Å²) in [5.74, 6) is 0. The molecule has 1 rings (SSSR count). The number of hydrogen-bond acceptors (Lipinski definition) is 3. The summed E-state index contributed by atoms with van der Waals surface area (Å²) in [6.07, 6.45) is 8.14. The molecule has 0 aliphatic rings. The van der Waals surface area contributed by atoms with Crippen molar-refractivity contribution in [3.05, 3.63) is 35.2 Å². The molecule has 0 spiro atoms. The maximum Gasteiger partial charge on any atom is 0.101 e. The Hall–Kier alpha value is -1.66. The molecule has 0 aliphatic heterocycles. The van der Waals surface area contributed by atoms with E-state index in [0.717, 1.165) is 17.5 Å². The number of nitriles is 1. The van der Waals surface area contributed by atoms with Crippen LogP contribution in [-0.2, 0) is 0 Å². The summed E-state index contributed by atoms with van der Waals surface area (Å²) in [4.78, 5) is 4.01. The van der Waals surface area contributed by atoms with E-state index in [2.05, 4.69) is 11.1 Å². The third-order valence-electron chi connectivity index (χ3n) is 2.18. The molecule has 15 heavy (non-hydrogen) atoms. The molecule has 0 saturated carbocycles. The van der Waals surface area contributed by atoms with E-state index in [9.17, 15) is 0 Å². The summed E-state index contributed by atoms with van der Waals surface area (Å²) in [5.41, 5.74) is 8.20. The topological polar surface area (TPSA) is 62.7 Å². The van der Waals surface area contributed by atoms with Gasteiger partial charge in [-0.2, -0.15) is 5.26 Å². The van der Waals surface area contributed by atoms with Crippen molar-refractivity contribution < 1.29 is 0 Å². The van der Waals surface area contributed by atoms with Gasteiger partial charge in [-0.1, -0.05) is 12.2 Å². The summed E-state index contributed by atoms with van der Waals surface area (Å²) in [6, 6.07) is 2.27. The van der Waals surface area contributed by atoms with E-state index in [0.29, 0.717) is 5.56 Å². The van der Waals surface area contributed by atoms with Crippen molar-refractivity contribution in [2.45, 2.75) is 26.3 Å². The minimum Gasteiger partial charge on any atom is -0.328 e. The zero-order valence-corrected chi connectivity index (χ0v) is 9.07. The lowest BCUT2D eigenvalue weighted by atomic mass is 10.1. The zero-order valence-electron chi connectivity index (χ0n) is 9.07. The SMILES string of the molecule is Cc1c(C#N)cncc1/C=C/C[C@H](C)N. The lowest BCUT2D eigenvalue weighted by Crippen LogP contribution is -2.12. The summed E-state index contributed by atoms with van der Waals surface area (Å²) in [5, 5.41) is 8.82. The van der Waals surface area contributed by atoms with E-state index in [1.165, 1.54) is 0 Å². The van der Waals surface area contributed by atoms with Gasteiger partial charge in [-0.05, 0) is 31.4 Å². The first-order valence-electron chi connectivity index (χ1n) is 4.92. The second-order valence-electron chi connectivity index (χ2n) is 3.63. The molecule has 0 saturated heterocycles. The number of pyridine rings is 1. The predicted octanol–water partition coefficient (Wildman–Crippen LogP) is 2.01. The zero-order chi connectivity index (χ0) is 11.3. The van der Waals surface area contributed by atoms with E-state index in [1.54, 1.807) is 12.4 Å². The third-order valence-corrected chi connectivity index (χ3v) is 2.18. The van der Waals surface area contributed by atoms with Gasteiger partial charge in [0.1, 0.15) is 6.07 Å². The van der Waals surface area contributed by atoms with Crippen LogP contribution in [0.15, 0.2) is 18.5 Å². The summed E-state index contributed by atoms with van der Waals surface area (Å²) in [6.45, 7) is 3.88. The Morgan fingerprint density at radius 3 is 2.93 bits per heavy atom. The number of aromatic nitrogens is 1. The van der Waals surface area contributed by atoms with Gasteiger partial charge < -0.3 is 5.73 Å². The van der Waals surface area contributed by atoms with Crippen LogP contribution in [0.1, 0.15) is 30.0 Å². The van der Waals surface area contributed by atoms with E-state index < -0.39 is 0 Å². The summed E-state index contributed by atoms with van der Waals surface area (Å²) in [7, 11) is 0. The van der Waals surface area contributed by atoms with Crippen LogP contribution in [0.4, 0.5) is 0 Å². The molecule has 1 aromatic heterocycles. The monoisotopic (exact) mass is 201 g/mol. The molecule has 2 N–H and O–H groups in total. The van der Waals surface area contributed by atoms with Crippen molar-refractivity contribution in [3.8, 4) is 6.07 Å². The van der Waals surface area contributed by atoms with Gasteiger partial charge in [-0.3, -0.25) is 4.98 Å². The first-order chi connectivity index (χ1) is 7.15. The maximum absolute atomic E-state index is 8.82. The molecule has 1 heterocycles. The highest BCUT2D eigenvalue weighted by Gasteiger charge is 2.00. The van der Waals surface area contributed by atoms with E-state index in [-0.39, 0.29) is 6.04 Å². The Balaban J connectivity index is 2.87. The van der Waals surface area contributed by atoms with Gasteiger partial charge in [-0.15, -0.1) is 0 Å². The first-order valence-corrected chi connectivity index (χ1v) is 4.92. The van der Waals surface area contributed by atoms with Crippen LogP contribution in [0.3, 0.4) is 0 Å². The Kier molecular flexibility index (Phi) is 4.02. The van der Waals surface area contributed by atoms with E-state index in [1.807, 2.05) is 26.0 Å². The quantitative estimate of drug-likeness (QED) is 0.813. The second-order valence-corrected chi connectivity index (χ2v) is 3.63. The lowest BCUT2D eigenvalue weighted by molar-refractivity contribution is 0.759. The van der Waals surface area contributed by atoms with Gasteiger partial charge >= 0.3 is 0 Å². The first kappa shape index (κ1) is 11.4. The van der Waals surface area contributed by atoms with Crippen LogP contribution in [0.5, 0.6) is 0 Å². The van der Waals surface area contributed by atoms with Gasteiger partial charge in [0, 0.05) is 18.4 Å². The molecular weight excluding hydrogens is 186 g/mol. The molecule has 78 valence electrons. The van der Waals surface area contributed by atoms with Crippen LogP contribution in [-0.4, -0.2) is 11.0 Å². The average Bonchev–Trinajstić information content (AvgIpc) is 2.20. The molecule has 3 heteroatoms. The average molecular weight is 201 g/mol. The van der Waals surface area contributed by atoms with Crippen LogP contribution >= 0.6 is 0 Å². The number of nitrogens with zero attached hydrogens (tertiary/aromatic N) is 2. The molecule has 0 unspecified atom stereocenters.